The second-order valence-electron chi connectivity index (χ2n) is 4.96. The van der Waals surface area contributed by atoms with Crippen LogP contribution < -0.4 is 11.0 Å². The second-order valence-corrected chi connectivity index (χ2v) is 4.96. The van der Waals surface area contributed by atoms with Crippen LogP contribution in [0.15, 0.2) is 31.1 Å². The number of anilines is 1. The van der Waals surface area contributed by atoms with Gasteiger partial charge < -0.3 is 4.98 Å². The van der Waals surface area contributed by atoms with Gasteiger partial charge in [0.05, 0.1) is 6.33 Å². The molecule has 2 aromatic heterocycles. The maximum Gasteiger partial charge on any atom is 0.302 e. The number of hydrogen-bond acceptors (Lipinski definition) is 9. The standard InChI is InChI=1S/C12H10N10O2/c1-4-15-6-8(16-4)18-12(20-10(6)24)22(2)21-11-17-7-5(9(23)19-11)13-3-14-7/h3H,1-2H3,(H3,13,14,17,19,21,23). The fraction of sp³-hybridized carbons (Fsp3) is 0.167. The molecule has 12 heteroatoms. The molecule has 0 atom stereocenters. The normalized spacial score (nSPS) is 16.3. The van der Waals surface area contributed by atoms with Crippen molar-refractivity contribution in [3.05, 3.63) is 16.7 Å². The van der Waals surface area contributed by atoms with Crippen molar-refractivity contribution in [1.29, 1.82) is 0 Å². The molecule has 0 saturated carbocycles. The van der Waals surface area contributed by atoms with Crippen molar-refractivity contribution in [2.45, 2.75) is 6.92 Å². The number of amides is 1. The Labute approximate surface area is 133 Å². The molecule has 12 nitrogen and oxygen atoms in total. The van der Waals surface area contributed by atoms with Gasteiger partial charge in [0.15, 0.2) is 22.7 Å². The summed E-state index contributed by atoms with van der Waals surface area (Å²) in [5, 5.41) is 1.33. The fourth-order valence-corrected chi connectivity index (χ4v) is 2.18. The molecular weight excluding hydrogens is 316 g/mol. The molecule has 0 aliphatic carbocycles. The van der Waals surface area contributed by atoms with Gasteiger partial charge in [-0.3, -0.25) is 25.0 Å². The number of H-pyrrole nitrogens is 2. The topological polar surface area (TPSA) is 156 Å². The summed E-state index contributed by atoms with van der Waals surface area (Å²) >= 11 is 0. The maximum absolute atomic E-state index is 12.0. The van der Waals surface area contributed by atoms with Gasteiger partial charge >= 0.3 is 5.91 Å². The molecule has 2 aliphatic heterocycles. The third kappa shape index (κ3) is 2.16. The highest BCUT2D eigenvalue weighted by molar-refractivity contribution is 6.71. The highest BCUT2D eigenvalue weighted by Gasteiger charge is 2.29. The number of aromatic nitrogens is 4. The number of hydrazine groups is 1. The number of fused-ring (bicyclic) bond motifs is 2. The molecule has 4 rings (SSSR count). The minimum absolute atomic E-state index is 0.0668. The van der Waals surface area contributed by atoms with Crippen LogP contribution in [0.2, 0.25) is 0 Å². The van der Waals surface area contributed by atoms with Gasteiger partial charge in [-0.1, -0.05) is 0 Å². The number of nitrogens with zero attached hydrogens (tertiary/aromatic N) is 7. The summed E-state index contributed by atoms with van der Waals surface area (Å²) in [4.78, 5) is 53.2. The van der Waals surface area contributed by atoms with E-state index >= 15 is 0 Å². The number of carbonyl (C=O) groups is 1. The van der Waals surface area contributed by atoms with Crippen molar-refractivity contribution >= 4 is 46.4 Å². The average Bonchev–Trinajstić information content (AvgIpc) is 3.13. The molecule has 24 heavy (non-hydrogen) atoms. The van der Waals surface area contributed by atoms with Crippen LogP contribution in [0.5, 0.6) is 0 Å². The SMILES string of the molecule is CC1=NC2=NC(N(C)Nc3nc4nc[nH]c4c(=O)[nH]3)=NC(=O)C2=N1. The van der Waals surface area contributed by atoms with E-state index in [0.29, 0.717) is 5.84 Å². The monoisotopic (exact) mass is 326 g/mol. The van der Waals surface area contributed by atoms with E-state index in [9.17, 15) is 9.59 Å². The number of imidazole rings is 1. The first-order valence-corrected chi connectivity index (χ1v) is 6.81. The molecule has 3 N–H and O–H groups in total. The average molecular weight is 326 g/mol. The summed E-state index contributed by atoms with van der Waals surface area (Å²) in [5.41, 5.74) is 3.04. The van der Waals surface area contributed by atoms with Crippen LogP contribution in [0, 0.1) is 0 Å². The highest BCUT2D eigenvalue weighted by Crippen LogP contribution is 2.10. The van der Waals surface area contributed by atoms with Crippen molar-refractivity contribution in [1.82, 2.24) is 24.9 Å². The molecule has 0 unspecified atom stereocenters. The Balaban J connectivity index is 1.63. The number of guanidine groups is 1. The van der Waals surface area contributed by atoms with Gasteiger partial charge in [0.25, 0.3) is 5.56 Å². The summed E-state index contributed by atoms with van der Waals surface area (Å²) in [5.74, 6) is 0.313. The first-order chi connectivity index (χ1) is 11.5. The van der Waals surface area contributed by atoms with Gasteiger partial charge in [0, 0.05) is 7.05 Å². The van der Waals surface area contributed by atoms with E-state index < -0.39 is 5.91 Å². The lowest BCUT2D eigenvalue weighted by Gasteiger charge is -2.20. The third-order valence-electron chi connectivity index (χ3n) is 3.23. The Morgan fingerprint density at radius 2 is 2.00 bits per heavy atom. The van der Waals surface area contributed by atoms with E-state index in [2.05, 4.69) is 45.3 Å². The van der Waals surface area contributed by atoms with Crippen LogP contribution in [0.25, 0.3) is 11.2 Å². The van der Waals surface area contributed by atoms with E-state index in [4.69, 9.17) is 0 Å². The second kappa shape index (κ2) is 4.91. The summed E-state index contributed by atoms with van der Waals surface area (Å²) in [7, 11) is 1.57. The zero-order valence-corrected chi connectivity index (χ0v) is 12.5. The van der Waals surface area contributed by atoms with Crippen LogP contribution >= 0.6 is 0 Å². The minimum atomic E-state index is -0.534. The number of rotatable bonds is 2. The van der Waals surface area contributed by atoms with E-state index in [1.54, 1.807) is 14.0 Å². The van der Waals surface area contributed by atoms with Crippen molar-refractivity contribution in [2.75, 3.05) is 12.5 Å². The maximum atomic E-state index is 12.0. The van der Waals surface area contributed by atoms with Crippen molar-refractivity contribution in [2.24, 2.45) is 20.0 Å². The Kier molecular flexibility index (Phi) is 2.85. The fourth-order valence-electron chi connectivity index (χ4n) is 2.18. The molecule has 4 heterocycles. The number of hydrogen-bond donors (Lipinski definition) is 3. The minimum Gasteiger partial charge on any atom is -0.339 e. The zero-order valence-electron chi connectivity index (χ0n) is 12.5. The summed E-state index contributed by atoms with van der Waals surface area (Å²) < 4.78 is 0. The molecule has 2 aromatic rings. The predicted molar refractivity (Wildman–Crippen MR) is 86.3 cm³/mol. The van der Waals surface area contributed by atoms with Gasteiger partial charge in [0.2, 0.25) is 11.9 Å². The Bertz CT molecular complexity index is 1050. The zero-order chi connectivity index (χ0) is 16.8. The van der Waals surface area contributed by atoms with Crippen molar-refractivity contribution in [3.63, 3.8) is 0 Å². The largest absolute Gasteiger partial charge is 0.339 e. The molecule has 0 spiro atoms. The van der Waals surface area contributed by atoms with Gasteiger partial charge in [-0.15, -0.1) is 0 Å². The predicted octanol–water partition coefficient (Wildman–Crippen LogP) is -0.927. The van der Waals surface area contributed by atoms with E-state index in [-0.39, 0.29) is 40.2 Å². The van der Waals surface area contributed by atoms with Gasteiger partial charge in [-0.2, -0.15) is 15.0 Å². The van der Waals surface area contributed by atoms with E-state index in [1.807, 2.05) is 0 Å². The molecule has 0 bridgehead atoms. The molecular formula is C12H10N10O2. The van der Waals surface area contributed by atoms with Crippen molar-refractivity contribution < 1.29 is 4.79 Å². The number of aromatic amines is 2. The molecule has 2 aliphatic rings. The van der Waals surface area contributed by atoms with Gasteiger partial charge in [0.1, 0.15) is 5.84 Å². The Hall–Kier alpha value is -3.70. The highest BCUT2D eigenvalue weighted by atomic mass is 16.1. The summed E-state index contributed by atoms with van der Waals surface area (Å²) in [6, 6.07) is 0. The molecule has 1 amide bonds. The van der Waals surface area contributed by atoms with Crippen LogP contribution in [0.4, 0.5) is 5.95 Å². The first-order valence-electron chi connectivity index (χ1n) is 6.81. The molecule has 0 saturated heterocycles. The first kappa shape index (κ1) is 13.9. The lowest BCUT2D eigenvalue weighted by atomic mass is 10.3. The lowest BCUT2D eigenvalue weighted by Crippen LogP contribution is -2.38. The quantitative estimate of drug-likeness (QED) is 0.605. The molecule has 0 radical (unpaired) electrons. The molecule has 0 fully saturated rings. The Morgan fingerprint density at radius 1 is 1.17 bits per heavy atom. The number of nitrogens with one attached hydrogen (secondary N) is 3. The van der Waals surface area contributed by atoms with E-state index in [0.717, 1.165) is 0 Å². The summed E-state index contributed by atoms with van der Waals surface area (Å²) in [6.45, 7) is 1.66. The van der Waals surface area contributed by atoms with Crippen molar-refractivity contribution in [3.8, 4) is 0 Å². The van der Waals surface area contributed by atoms with Crippen LogP contribution in [0.1, 0.15) is 6.92 Å². The van der Waals surface area contributed by atoms with Crippen LogP contribution in [-0.2, 0) is 4.79 Å². The van der Waals surface area contributed by atoms with Crippen LogP contribution in [-0.4, -0.2) is 61.2 Å². The molecule has 120 valence electrons. The number of aliphatic imine (C=N–C) groups is 4. The van der Waals surface area contributed by atoms with Gasteiger partial charge in [-0.05, 0) is 6.92 Å². The summed E-state index contributed by atoms with van der Waals surface area (Å²) in [6.07, 6.45) is 1.37. The molecule has 0 aromatic carbocycles. The van der Waals surface area contributed by atoms with E-state index in [1.165, 1.54) is 11.3 Å². The van der Waals surface area contributed by atoms with Gasteiger partial charge in [-0.25, -0.2) is 15.0 Å². The lowest BCUT2D eigenvalue weighted by molar-refractivity contribution is -0.111. The number of carbonyl (C=O) groups excluding carboxylic acids is 1. The van der Waals surface area contributed by atoms with Crippen LogP contribution in [0.3, 0.4) is 0 Å². The third-order valence-corrected chi connectivity index (χ3v) is 3.23. The number of amidine groups is 2. The Morgan fingerprint density at radius 3 is 2.83 bits per heavy atom. The smallest absolute Gasteiger partial charge is 0.302 e.